The number of aromatic amines is 1. The average molecular weight is 335 g/mol. The van der Waals surface area contributed by atoms with Crippen LogP contribution in [0.3, 0.4) is 0 Å². The molecule has 2 aromatic heterocycles. The van der Waals surface area contributed by atoms with E-state index >= 15 is 0 Å². The van der Waals surface area contributed by atoms with Gasteiger partial charge in [0.1, 0.15) is 11.6 Å². The minimum Gasteiger partial charge on any atom is -0.493 e. The molecule has 1 aliphatic rings. The summed E-state index contributed by atoms with van der Waals surface area (Å²) in [5, 5.41) is 9.42. The van der Waals surface area contributed by atoms with Gasteiger partial charge in [0.25, 0.3) is 5.91 Å². The number of hydrogen-bond donors (Lipinski definition) is 2. The second-order valence-electron chi connectivity index (χ2n) is 5.80. The van der Waals surface area contributed by atoms with Gasteiger partial charge in [0.2, 0.25) is 5.95 Å². The number of H-pyrrole nitrogens is 1. The molecule has 0 bridgehead atoms. The van der Waals surface area contributed by atoms with Crippen molar-refractivity contribution in [2.24, 2.45) is 0 Å². The Labute approximate surface area is 144 Å². The summed E-state index contributed by atoms with van der Waals surface area (Å²) in [5.41, 5.74) is 3.53. The van der Waals surface area contributed by atoms with Gasteiger partial charge in [0, 0.05) is 30.8 Å². The van der Waals surface area contributed by atoms with Gasteiger partial charge in [-0.2, -0.15) is 4.98 Å². The summed E-state index contributed by atoms with van der Waals surface area (Å²) in [7, 11) is 0. The van der Waals surface area contributed by atoms with Gasteiger partial charge in [0.15, 0.2) is 0 Å². The molecule has 2 N–H and O–H groups in total. The van der Waals surface area contributed by atoms with Gasteiger partial charge in [-0.25, -0.2) is 0 Å². The third-order valence-corrected chi connectivity index (χ3v) is 4.12. The Morgan fingerprint density at radius 2 is 2.20 bits per heavy atom. The van der Waals surface area contributed by atoms with Crippen molar-refractivity contribution in [1.82, 2.24) is 20.2 Å². The first-order valence-corrected chi connectivity index (χ1v) is 8.16. The number of fused-ring (bicyclic) bond motifs is 1. The zero-order chi connectivity index (χ0) is 17.2. The molecule has 25 heavy (non-hydrogen) atoms. The quantitative estimate of drug-likeness (QED) is 0.764. The Bertz CT molecular complexity index is 935. The number of pyridine rings is 1. The minimum atomic E-state index is -0.291. The third-order valence-electron chi connectivity index (χ3n) is 4.12. The zero-order valence-electron chi connectivity index (χ0n) is 13.7. The van der Waals surface area contributed by atoms with E-state index in [1.165, 1.54) is 11.8 Å². The van der Waals surface area contributed by atoms with Crippen LogP contribution in [0.15, 0.2) is 36.7 Å². The SMILES string of the molecule is CCc1nc(NC(=O)c2cncc(-c3ccc4c(c3)CCO4)c2)n[nH]1. The van der Waals surface area contributed by atoms with E-state index < -0.39 is 0 Å². The monoisotopic (exact) mass is 335 g/mol. The van der Waals surface area contributed by atoms with Crippen molar-refractivity contribution in [1.29, 1.82) is 0 Å². The Morgan fingerprint density at radius 3 is 3.04 bits per heavy atom. The molecular formula is C18H17N5O2. The Kier molecular flexibility index (Phi) is 3.89. The van der Waals surface area contributed by atoms with Crippen molar-refractivity contribution in [3.63, 3.8) is 0 Å². The van der Waals surface area contributed by atoms with Crippen LogP contribution in [0, 0.1) is 0 Å². The number of carbonyl (C=O) groups excluding carboxylic acids is 1. The summed E-state index contributed by atoms with van der Waals surface area (Å²) in [6, 6.07) is 7.84. The van der Waals surface area contributed by atoms with E-state index in [4.69, 9.17) is 4.74 Å². The number of ether oxygens (including phenoxy) is 1. The highest BCUT2D eigenvalue weighted by Gasteiger charge is 2.14. The highest BCUT2D eigenvalue weighted by Crippen LogP contribution is 2.30. The van der Waals surface area contributed by atoms with Crippen LogP contribution < -0.4 is 10.1 Å². The molecule has 0 fully saturated rings. The molecule has 0 saturated heterocycles. The molecule has 1 amide bonds. The molecule has 0 spiro atoms. The lowest BCUT2D eigenvalue weighted by Gasteiger charge is -2.06. The molecule has 0 aliphatic carbocycles. The van der Waals surface area contributed by atoms with Crippen molar-refractivity contribution in [2.75, 3.05) is 11.9 Å². The van der Waals surface area contributed by atoms with Crippen LogP contribution in [0.25, 0.3) is 11.1 Å². The number of hydrogen-bond acceptors (Lipinski definition) is 5. The van der Waals surface area contributed by atoms with Gasteiger partial charge in [0.05, 0.1) is 12.2 Å². The molecule has 126 valence electrons. The number of carbonyl (C=O) groups is 1. The molecule has 0 unspecified atom stereocenters. The summed E-state index contributed by atoms with van der Waals surface area (Å²) in [6.45, 7) is 2.68. The molecule has 1 aliphatic heterocycles. The summed E-state index contributed by atoms with van der Waals surface area (Å²) in [5.74, 6) is 1.63. The number of nitrogens with one attached hydrogen (secondary N) is 2. The number of anilines is 1. The predicted octanol–water partition coefficient (Wildman–Crippen LogP) is 2.62. The van der Waals surface area contributed by atoms with Gasteiger partial charge in [-0.1, -0.05) is 13.0 Å². The van der Waals surface area contributed by atoms with Crippen LogP contribution in [0.4, 0.5) is 5.95 Å². The predicted molar refractivity (Wildman–Crippen MR) is 92.6 cm³/mol. The number of aryl methyl sites for hydroxylation is 1. The highest BCUT2D eigenvalue weighted by molar-refractivity contribution is 6.03. The molecule has 7 nitrogen and oxygen atoms in total. The van der Waals surface area contributed by atoms with Crippen LogP contribution in [-0.2, 0) is 12.8 Å². The van der Waals surface area contributed by atoms with Crippen molar-refractivity contribution in [2.45, 2.75) is 19.8 Å². The maximum Gasteiger partial charge on any atom is 0.259 e. The van der Waals surface area contributed by atoms with Gasteiger partial charge in [-0.3, -0.25) is 20.2 Å². The molecule has 0 saturated carbocycles. The molecular weight excluding hydrogens is 318 g/mol. The molecule has 7 heteroatoms. The maximum absolute atomic E-state index is 12.4. The van der Waals surface area contributed by atoms with Gasteiger partial charge >= 0.3 is 0 Å². The Hall–Kier alpha value is -3.22. The summed E-state index contributed by atoms with van der Waals surface area (Å²) in [4.78, 5) is 20.8. The summed E-state index contributed by atoms with van der Waals surface area (Å²) >= 11 is 0. The third kappa shape index (κ3) is 3.08. The molecule has 0 atom stereocenters. The molecule has 4 rings (SSSR count). The largest absolute Gasteiger partial charge is 0.493 e. The topological polar surface area (TPSA) is 92.8 Å². The van der Waals surface area contributed by atoms with Crippen LogP contribution in [-0.4, -0.2) is 32.7 Å². The van der Waals surface area contributed by atoms with E-state index in [1.54, 1.807) is 6.20 Å². The van der Waals surface area contributed by atoms with Crippen LogP contribution in [0.5, 0.6) is 5.75 Å². The first-order valence-electron chi connectivity index (χ1n) is 8.16. The molecule has 1 aromatic carbocycles. The number of aromatic nitrogens is 4. The number of nitrogens with zero attached hydrogens (tertiary/aromatic N) is 3. The van der Waals surface area contributed by atoms with Crippen molar-refractivity contribution < 1.29 is 9.53 Å². The van der Waals surface area contributed by atoms with E-state index in [-0.39, 0.29) is 11.9 Å². The fourth-order valence-electron chi connectivity index (χ4n) is 2.77. The van der Waals surface area contributed by atoms with Gasteiger partial charge in [-0.05, 0) is 29.3 Å². The van der Waals surface area contributed by atoms with E-state index in [1.807, 2.05) is 25.1 Å². The molecule has 0 radical (unpaired) electrons. The Balaban J connectivity index is 1.57. The first kappa shape index (κ1) is 15.3. The van der Waals surface area contributed by atoms with Crippen molar-refractivity contribution in [3.05, 3.63) is 53.6 Å². The number of amides is 1. The number of rotatable bonds is 4. The first-order chi connectivity index (χ1) is 12.2. The van der Waals surface area contributed by atoms with Gasteiger partial charge in [-0.15, -0.1) is 5.10 Å². The summed E-state index contributed by atoms with van der Waals surface area (Å²) in [6.07, 6.45) is 4.91. The van der Waals surface area contributed by atoms with Gasteiger partial charge < -0.3 is 4.74 Å². The van der Waals surface area contributed by atoms with Crippen LogP contribution >= 0.6 is 0 Å². The lowest BCUT2D eigenvalue weighted by atomic mass is 10.0. The average Bonchev–Trinajstić information content (AvgIpc) is 3.30. The Morgan fingerprint density at radius 1 is 1.28 bits per heavy atom. The minimum absolute atomic E-state index is 0.266. The maximum atomic E-state index is 12.4. The van der Waals surface area contributed by atoms with Crippen LogP contribution in [0.2, 0.25) is 0 Å². The second-order valence-corrected chi connectivity index (χ2v) is 5.80. The number of benzene rings is 1. The fraction of sp³-hybridized carbons (Fsp3) is 0.222. The fourth-order valence-corrected chi connectivity index (χ4v) is 2.77. The van der Waals surface area contributed by atoms with Crippen molar-refractivity contribution >= 4 is 11.9 Å². The van der Waals surface area contributed by atoms with Crippen LogP contribution in [0.1, 0.15) is 28.7 Å². The van der Waals surface area contributed by atoms with E-state index in [9.17, 15) is 4.79 Å². The van der Waals surface area contributed by atoms with E-state index in [0.29, 0.717) is 5.56 Å². The standard InChI is InChI=1S/C18H17N5O2/c1-2-16-20-18(23-22-16)21-17(24)14-8-13(9-19-10-14)11-3-4-15-12(7-11)5-6-25-15/h3-4,7-10H,2,5-6H2,1H3,(H2,20,21,22,23,24). The lowest BCUT2D eigenvalue weighted by molar-refractivity contribution is 0.102. The second kappa shape index (κ2) is 6.35. The van der Waals surface area contributed by atoms with E-state index in [0.717, 1.165) is 42.1 Å². The zero-order valence-corrected chi connectivity index (χ0v) is 13.7. The smallest absolute Gasteiger partial charge is 0.259 e. The molecule has 3 aromatic rings. The normalized spacial score (nSPS) is 12.5. The highest BCUT2D eigenvalue weighted by atomic mass is 16.5. The molecule has 3 heterocycles. The van der Waals surface area contributed by atoms with Crippen molar-refractivity contribution in [3.8, 4) is 16.9 Å². The lowest BCUT2D eigenvalue weighted by Crippen LogP contribution is -2.13. The van der Waals surface area contributed by atoms with E-state index in [2.05, 4.69) is 31.5 Å². The summed E-state index contributed by atoms with van der Waals surface area (Å²) < 4.78 is 5.53.